The van der Waals surface area contributed by atoms with Crippen molar-refractivity contribution in [1.29, 1.82) is 0 Å². The van der Waals surface area contributed by atoms with Gasteiger partial charge in [0.2, 0.25) is 10.0 Å². The molecule has 0 aliphatic carbocycles. The number of sulfonamides is 1. The van der Waals surface area contributed by atoms with E-state index in [9.17, 15) is 13.2 Å². The minimum Gasteiger partial charge on any atom is -0.478 e. The fourth-order valence-corrected chi connectivity index (χ4v) is 2.21. The number of benzene rings is 1. The van der Waals surface area contributed by atoms with Crippen LogP contribution in [0.25, 0.3) is 0 Å². The van der Waals surface area contributed by atoms with Gasteiger partial charge in [-0.1, -0.05) is 0 Å². The Morgan fingerprint density at radius 1 is 1.25 bits per heavy atom. The number of rotatable bonds is 8. The summed E-state index contributed by atoms with van der Waals surface area (Å²) >= 11 is 0. The van der Waals surface area contributed by atoms with E-state index in [1.165, 1.54) is 12.1 Å². The van der Waals surface area contributed by atoms with E-state index in [1.807, 2.05) is 0 Å². The number of aliphatic hydroxyl groups is 1. The van der Waals surface area contributed by atoms with Crippen molar-refractivity contribution in [2.45, 2.75) is 24.2 Å². The average Bonchev–Trinajstić information content (AvgIpc) is 2.37. The predicted molar refractivity (Wildman–Crippen MR) is 74.2 cm³/mol. The van der Waals surface area contributed by atoms with Gasteiger partial charge in [-0.2, -0.15) is 0 Å². The molecule has 0 spiro atoms. The molecule has 0 radical (unpaired) electrons. The molecule has 0 bridgehead atoms. The van der Waals surface area contributed by atoms with Gasteiger partial charge in [-0.15, -0.1) is 0 Å². The van der Waals surface area contributed by atoms with Crippen LogP contribution in [0.2, 0.25) is 0 Å². The molecular weight excluding hydrogens is 284 g/mol. The summed E-state index contributed by atoms with van der Waals surface area (Å²) in [5.41, 5.74) is 0.201. The largest absolute Gasteiger partial charge is 0.478 e. The molecule has 1 aromatic rings. The van der Waals surface area contributed by atoms with Gasteiger partial charge in [-0.25, -0.2) is 18.4 Å². The molecule has 0 aliphatic rings. The monoisotopic (exact) mass is 302 g/mol. The molecule has 0 saturated heterocycles. The van der Waals surface area contributed by atoms with E-state index in [1.54, 1.807) is 0 Å². The predicted octanol–water partition coefficient (Wildman–Crippen LogP) is 0.607. The van der Waals surface area contributed by atoms with Crippen molar-refractivity contribution in [2.75, 3.05) is 18.5 Å². The Balaban J connectivity index is 2.83. The van der Waals surface area contributed by atoms with Gasteiger partial charge in [0.05, 0.1) is 10.5 Å². The fraction of sp³-hybridized carbons (Fsp3) is 0.417. The van der Waals surface area contributed by atoms with Crippen molar-refractivity contribution in [3.8, 4) is 0 Å². The van der Waals surface area contributed by atoms with Gasteiger partial charge < -0.3 is 15.5 Å². The second kappa shape index (κ2) is 7.22. The highest BCUT2D eigenvalue weighted by Crippen LogP contribution is 2.20. The number of aromatic carboxylic acids is 1. The number of nitrogens with two attached hydrogens (primary N) is 1. The van der Waals surface area contributed by atoms with Gasteiger partial charge in [0.15, 0.2) is 0 Å². The summed E-state index contributed by atoms with van der Waals surface area (Å²) in [5, 5.41) is 25.6. The van der Waals surface area contributed by atoms with Crippen LogP contribution >= 0.6 is 0 Å². The van der Waals surface area contributed by atoms with Crippen LogP contribution in [0.15, 0.2) is 23.1 Å². The van der Waals surface area contributed by atoms with Gasteiger partial charge >= 0.3 is 5.97 Å². The van der Waals surface area contributed by atoms with Crippen molar-refractivity contribution in [1.82, 2.24) is 0 Å². The molecule has 1 aromatic carbocycles. The Hall–Kier alpha value is -1.64. The Morgan fingerprint density at radius 2 is 1.95 bits per heavy atom. The molecule has 20 heavy (non-hydrogen) atoms. The van der Waals surface area contributed by atoms with Crippen molar-refractivity contribution < 1.29 is 23.4 Å². The SMILES string of the molecule is NS(=O)(=O)c1ccc(NCCCCCO)c(C(=O)O)c1. The number of carbonyl (C=O) groups is 1. The van der Waals surface area contributed by atoms with Gasteiger partial charge in [0.1, 0.15) is 0 Å². The molecule has 0 heterocycles. The van der Waals surface area contributed by atoms with E-state index in [0.29, 0.717) is 18.7 Å². The van der Waals surface area contributed by atoms with Crippen molar-refractivity contribution in [3.63, 3.8) is 0 Å². The second-order valence-corrected chi connectivity index (χ2v) is 5.83. The van der Waals surface area contributed by atoms with E-state index in [0.717, 1.165) is 18.9 Å². The molecule has 8 heteroatoms. The van der Waals surface area contributed by atoms with Gasteiger partial charge in [-0.05, 0) is 37.5 Å². The summed E-state index contributed by atoms with van der Waals surface area (Å²) in [4.78, 5) is 10.9. The zero-order valence-corrected chi connectivity index (χ0v) is 11.7. The quantitative estimate of drug-likeness (QED) is 0.520. The molecule has 0 fully saturated rings. The first-order chi connectivity index (χ1) is 9.36. The summed E-state index contributed by atoms with van der Waals surface area (Å²) in [5.74, 6) is -1.23. The molecule has 5 N–H and O–H groups in total. The highest BCUT2D eigenvalue weighted by atomic mass is 32.2. The van der Waals surface area contributed by atoms with Crippen molar-refractivity contribution >= 4 is 21.7 Å². The van der Waals surface area contributed by atoms with Gasteiger partial charge in [-0.3, -0.25) is 0 Å². The lowest BCUT2D eigenvalue weighted by Crippen LogP contribution is -2.14. The Bertz CT molecular complexity index is 571. The van der Waals surface area contributed by atoms with Gasteiger partial charge in [0, 0.05) is 18.8 Å². The van der Waals surface area contributed by atoms with Crippen LogP contribution < -0.4 is 10.5 Å². The zero-order chi connectivity index (χ0) is 15.2. The normalized spacial score (nSPS) is 11.3. The Kier molecular flexibility index (Phi) is 5.93. The number of unbranched alkanes of at least 4 members (excludes halogenated alkanes) is 2. The van der Waals surface area contributed by atoms with E-state index >= 15 is 0 Å². The molecule has 0 unspecified atom stereocenters. The van der Waals surface area contributed by atoms with Crippen molar-refractivity contribution in [2.24, 2.45) is 5.14 Å². The summed E-state index contributed by atoms with van der Waals surface area (Å²) in [7, 11) is -3.93. The third-order valence-electron chi connectivity index (χ3n) is 2.70. The lowest BCUT2D eigenvalue weighted by Gasteiger charge is -2.10. The Labute approximate surface area is 117 Å². The third-order valence-corrected chi connectivity index (χ3v) is 3.61. The van der Waals surface area contributed by atoms with Crippen LogP contribution in [-0.4, -0.2) is 37.8 Å². The molecule has 0 amide bonds. The lowest BCUT2D eigenvalue weighted by molar-refractivity contribution is 0.0697. The molecule has 0 aromatic heterocycles. The summed E-state index contributed by atoms with van der Waals surface area (Å²) < 4.78 is 22.4. The first kappa shape index (κ1) is 16.4. The van der Waals surface area contributed by atoms with E-state index in [2.05, 4.69) is 5.32 Å². The third kappa shape index (κ3) is 4.80. The number of carboxylic acids is 1. The summed E-state index contributed by atoms with van der Waals surface area (Å²) in [6.07, 6.45) is 2.29. The highest BCUT2D eigenvalue weighted by molar-refractivity contribution is 7.89. The number of nitrogens with one attached hydrogen (secondary N) is 1. The maximum atomic E-state index is 11.2. The highest BCUT2D eigenvalue weighted by Gasteiger charge is 2.15. The van der Waals surface area contributed by atoms with Crippen LogP contribution in [0.3, 0.4) is 0 Å². The minimum atomic E-state index is -3.93. The van der Waals surface area contributed by atoms with Gasteiger partial charge in [0.25, 0.3) is 0 Å². The lowest BCUT2D eigenvalue weighted by atomic mass is 10.1. The molecule has 0 saturated carbocycles. The van der Waals surface area contributed by atoms with Crippen LogP contribution in [0, 0.1) is 0 Å². The second-order valence-electron chi connectivity index (χ2n) is 4.27. The number of carboxylic acid groups (broad SMARTS) is 1. The maximum Gasteiger partial charge on any atom is 0.337 e. The van der Waals surface area contributed by atoms with Crippen LogP contribution in [-0.2, 0) is 10.0 Å². The average molecular weight is 302 g/mol. The number of hydrogen-bond donors (Lipinski definition) is 4. The summed E-state index contributed by atoms with van der Waals surface area (Å²) in [6, 6.07) is 3.68. The zero-order valence-electron chi connectivity index (χ0n) is 10.9. The molecule has 112 valence electrons. The number of aliphatic hydroxyl groups excluding tert-OH is 1. The molecular formula is C12H18N2O5S. The number of anilines is 1. The number of hydrogen-bond acceptors (Lipinski definition) is 5. The first-order valence-corrected chi connectivity index (χ1v) is 7.66. The van der Waals surface area contributed by atoms with Crippen LogP contribution in [0.1, 0.15) is 29.6 Å². The van der Waals surface area contributed by atoms with Crippen molar-refractivity contribution in [3.05, 3.63) is 23.8 Å². The minimum absolute atomic E-state index is 0.128. The Morgan fingerprint density at radius 3 is 2.50 bits per heavy atom. The first-order valence-electron chi connectivity index (χ1n) is 6.11. The maximum absolute atomic E-state index is 11.2. The standard InChI is InChI=1S/C12H18N2O5S/c13-20(18,19)9-4-5-11(10(8-9)12(16)17)14-6-2-1-3-7-15/h4-5,8,14-15H,1-3,6-7H2,(H,16,17)(H2,13,18,19). The number of primary sulfonamides is 1. The van der Waals surface area contributed by atoms with Crippen LogP contribution in [0.4, 0.5) is 5.69 Å². The topological polar surface area (TPSA) is 130 Å². The molecule has 0 atom stereocenters. The van der Waals surface area contributed by atoms with E-state index in [-0.39, 0.29) is 17.1 Å². The smallest absolute Gasteiger partial charge is 0.337 e. The van der Waals surface area contributed by atoms with Crippen LogP contribution in [0.5, 0.6) is 0 Å². The molecule has 1 rings (SSSR count). The summed E-state index contributed by atoms with van der Waals surface area (Å²) in [6.45, 7) is 0.665. The molecule has 7 nitrogen and oxygen atoms in total. The molecule has 0 aliphatic heterocycles. The van der Waals surface area contributed by atoms with E-state index in [4.69, 9.17) is 15.4 Å². The van der Waals surface area contributed by atoms with E-state index < -0.39 is 16.0 Å². The fourth-order valence-electron chi connectivity index (χ4n) is 1.67.